The number of carbonyl (C=O) groups is 1. The summed E-state index contributed by atoms with van der Waals surface area (Å²) >= 11 is 0. The standard InChI is InChI=1S/C21H28N2O5/c1-14(2)11-23-6-7-26-17(12-23)10-22-20(24)13-27-16-4-5-18-15(3)8-21(25)28-19(18)9-16/h4-5,8-9,14,17H,6-7,10-13H2,1-3H3,(H,22,24)/t17-/m0/s1. The van der Waals surface area contributed by atoms with Crippen molar-refractivity contribution in [3.63, 3.8) is 0 Å². The molecule has 2 heterocycles. The van der Waals surface area contributed by atoms with Gasteiger partial charge in [-0.15, -0.1) is 0 Å². The van der Waals surface area contributed by atoms with Crippen molar-refractivity contribution in [3.8, 4) is 5.75 Å². The second kappa shape index (κ2) is 9.21. The predicted octanol–water partition coefficient (Wildman–Crippen LogP) is 1.95. The van der Waals surface area contributed by atoms with Gasteiger partial charge in [-0.2, -0.15) is 0 Å². The van der Waals surface area contributed by atoms with Gasteiger partial charge < -0.3 is 19.2 Å². The molecule has 1 aromatic heterocycles. The first-order valence-corrected chi connectivity index (χ1v) is 9.68. The number of rotatable bonds is 7. The van der Waals surface area contributed by atoms with E-state index in [0.29, 0.717) is 30.4 Å². The maximum absolute atomic E-state index is 12.1. The van der Waals surface area contributed by atoms with E-state index in [2.05, 4.69) is 24.1 Å². The van der Waals surface area contributed by atoms with Gasteiger partial charge in [-0.1, -0.05) is 13.8 Å². The maximum atomic E-state index is 12.1. The minimum Gasteiger partial charge on any atom is -0.484 e. The van der Waals surface area contributed by atoms with Gasteiger partial charge in [-0.3, -0.25) is 9.69 Å². The fraction of sp³-hybridized carbons (Fsp3) is 0.524. The number of fused-ring (bicyclic) bond motifs is 1. The Bertz CT molecular complexity index is 877. The highest BCUT2D eigenvalue weighted by Gasteiger charge is 2.21. The highest BCUT2D eigenvalue weighted by atomic mass is 16.5. The summed E-state index contributed by atoms with van der Waals surface area (Å²) in [4.78, 5) is 26.0. The molecule has 0 radical (unpaired) electrons. The largest absolute Gasteiger partial charge is 0.484 e. The molecule has 0 bridgehead atoms. The van der Waals surface area contributed by atoms with Gasteiger partial charge in [0.2, 0.25) is 0 Å². The first-order chi connectivity index (χ1) is 13.4. The van der Waals surface area contributed by atoms with Gasteiger partial charge in [-0.25, -0.2) is 4.79 Å². The molecule has 1 aliphatic heterocycles. The van der Waals surface area contributed by atoms with Gasteiger partial charge in [0.05, 0.1) is 12.7 Å². The molecular formula is C21H28N2O5. The van der Waals surface area contributed by atoms with Crippen LogP contribution in [-0.2, 0) is 9.53 Å². The average Bonchev–Trinajstić information content (AvgIpc) is 2.64. The van der Waals surface area contributed by atoms with Crippen LogP contribution in [0.15, 0.2) is 33.5 Å². The van der Waals surface area contributed by atoms with E-state index >= 15 is 0 Å². The molecule has 2 aromatic rings. The molecule has 1 N–H and O–H groups in total. The Morgan fingerprint density at radius 1 is 1.36 bits per heavy atom. The number of amides is 1. The topological polar surface area (TPSA) is 81.0 Å². The molecule has 0 aliphatic carbocycles. The van der Waals surface area contributed by atoms with Crippen LogP contribution in [0.25, 0.3) is 11.0 Å². The minimum absolute atomic E-state index is 0.00521. The molecule has 1 fully saturated rings. The lowest BCUT2D eigenvalue weighted by Gasteiger charge is -2.33. The molecule has 7 heteroatoms. The number of aryl methyl sites for hydroxylation is 1. The third-order valence-electron chi connectivity index (χ3n) is 4.67. The number of nitrogens with one attached hydrogen (secondary N) is 1. The van der Waals surface area contributed by atoms with E-state index in [1.165, 1.54) is 6.07 Å². The molecule has 152 valence electrons. The van der Waals surface area contributed by atoms with E-state index in [-0.39, 0.29) is 18.6 Å². The van der Waals surface area contributed by atoms with Crippen LogP contribution >= 0.6 is 0 Å². The summed E-state index contributed by atoms with van der Waals surface area (Å²) in [5.41, 5.74) is 0.886. The minimum atomic E-state index is -0.404. The fourth-order valence-corrected chi connectivity index (χ4v) is 3.41. The average molecular weight is 388 g/mol. The second-order valence-corrected chi connectivity index (χ2v) is 7.65. The monoisotopic (exact) mass is 388 g/mol. The van der Waals surface area contributed by atoms with Crippen LogP contribution in [0, 0.1) is 12.8 Å². The van der Waals surface area contributed by atoms with Crippen LogP contribution in [0.5, 0.6) is 5.75 Å². The molecule has 0 saturated carbocycles. The summed E-state index contributed by atoms with van der Waals surface area (Å²) in [7, 11) is 0. The van der Waals surface area contributed by atoms with E-state index in [9.17, 15) is 9.59 Å². The highest BCUT2D eigenvalue weighted by Crippen LogP contribution is 2.22. The number of hydrogen-bond donors (Lipinski definition) is 1. The van der Waals surface area contributed by atoms with E-state index in [4.69, 9.17) is 13.9 Å². The number of ether oxygens (including phenoxy) is 2. The number of hydrogen-bond acceptors (Lipinski definition) is 6. The molecule has 1 aromatic carbocycles. The van der Waals surface area contributed by atoms with Gasteiger partial charge in [0.15, 0.2) is 6.61 Å². The van der Waals surface area contributed by atoms with Crippen molar-refractivity contribution in [2.45, 2.75) is 26.9 Å². The van der Waals surface area contributed by atoms with Crippen LogP contribution in [0.1, 0.15) is 19.4 Å². The normalized spacial score (nSPS) is 17.8. The summed E-state index contributed by atoms with van der Waals surface area (Å²) in [6.07, 6.45) is -0.00521. The van der Waals surface area contributed by atoms with Crippen molar-refractivity contribution < 1.29 is 18.7 Å². The molecule has 1 saturated heterocycles. The Balaban J connectivity index is 1.48. The molecule has 1 aliphatic rings. The quantitative estimate of drug-likeness (QED) is 0.731. The maximum Gasteiger partial charge on any atom is 0.336 e. The first kappa shape index (κ1) is 20.4. The summed E-state index contributed by atoms with van der Waals surface area (Å²) in [5, 5.41) is 3.71. The highest BCUT2D eigenvalue weighted by molar-refractivity contribution is 5.81. The van der Waals surface area contributed by atoms with Crippen molar-refractivity contribution in [1.29, 1.82) is 0 Å². The number of carbonyl (C=O) groups excluding carboxylic acids is 1. The molecule has 3 rings (SSSR count). The predicted molar refractivity (Wildman–Crippen MR) is 107 cm³/mol. The van der Waals surface area contributed by atoms with E-state index in [0.717, 1.165) is 30.6 Å². The summed E-state index contributed by atoms with van der Waals surface area (Å²) < 4.78 is 16.5. The molecule has 0 spiro atoms. The zero-order chi connectivity index (χ0) is 20.1. The second-order valence-electron chi connectivity index (χ2n) is 7.65. The molecule has 1 amide bonds. The van der Waals surface area contributed by atoms with Crippen LogP contribution in [-0.4, -0.2) is 56.3 Å². The molecular weight excluding hydrogens is 360 g/mol. The van der Waals surface area contributed by atoms with Crippen molar-refractivity contribution in [2.24, 2.45) is 5.92 Å². The lowest BCUT2D eigenvalue weighted by atomic mass is 10.1. The third kappa shape index (κ3) is 5.56. The zero-order valence-electron chi connectivity index (χ0n) is 16.7. The Kier molecular flexibility index (Phi) is 6.70. The Morgan fingerprint density at radius 2 is 2.18 bits per heavy atom. The van der Waals surface area contributed by atoms with Crippen molar-refractivity contribution in [2.75, 3.05) is 39.4 Å². The smallest absolute Gasteiger partial charge is 0.336 e. The van der Waals surface area contributed by atoms with Crippen LogP contribution in [0.4, 0.5) is 0 Å². The molecule has 7 nitrogen and oxygen atoms in total. The fourth-order valence-electron chi connectivity index (χ4n) is 3.41. The number of morpholine rings is 1. The molecule has 0 unspecified atom stereocenters. The zero-order valence-corrected chi connectivity index (χ0v) is 16.7. The van der Waals surface area contributed by atoms with E-state index in [1.807, 2.05) is 13.0 Å². The Labute approximate surface area is 164 Å². The summed E-state index contributed by atoms with van der Waals surface area (Å²) in [6, 6.07) is 6.66. The lowest BCUT2D eigenvalue weighted by Crippen LogP contribution is -2.48. The Morgan fingerprint density at radius 3 is 2.96 bits per heavy atom. The number of nitrogens with zero attached hydrogens (tertiary/aromatic N) is 1. The first-order valence-electron chi connectivity index (χ1n) is 9.68. The summed E-state index contributed by atoms with van der Waals surface area (Å²) in [6.45, 7) is 10.1. The lowest BCUT2D eigenvalue weighted by molar-refractivity contribution is -0.124. The summed E-state index contributed by atoms with van der Waals surface area (Å²) in [5.74, 6) is 0.876. The third-order valence-corrected chi connectivity index (χ3v) is 4.67. The van der Waals surface area contributed by atoms with Crippen molar-refractivity contribution in [3.05, 3.63) is 40.2 Å². The number of benzene rings is 1. The van der Waals surface area contributed by atoms with Crippen LogP contribution < -0.4 is 15.7 Å². The van der Waals surface area contributed by atoms with Gasteiger partial charge in [0.25, 0.3) is 5.91 Å². The van der Waals surface area contributed by atoms with Gasteiger partial charge in [-0.05, 0) is 30.5 Å². The molecule has 28 heavy (non-hydrogen) atoms. The van der Waals surface area contributed by atoms with E-state index < -0.39 is 5.63 Å². The van der Waals surface area contributed by atoms with Gasteiger partial charge >= 0.3 is 5.63 Å². The van der Waals surface area contributed by atoms with Gasteiger partial charge in [0, 0.05) is 43.7 Å². The Hall–Kier alpha value is -2.38. The SMILES string of the molecule is Cc1cc(=O)oc2cc(OCC(=O)NC[C@H]3CN(CC(C)C)CCO3)ccc12. The molecule has 1 atom stereocenters. The van der Waals surface area contributed by atoms with E-state index in [1.54, 1.807) is 12.1 Å². The van der Waals surface area contributed by atoms with Crippen LogP contribution in [0.2, 0.25) is 0 Å². The van der Waals surface area contributed by atoms with Crippen LogP contribution in [0.3, 0.4) is 0 Å². The van der Waals surface area contributed by atoms with Gasteiger partial charge in [0.1, 0.15) is 11.3 Å². The van der Waals surface area contributed by atoms with Crippen molar-refractivity contribution >= 4 is 16.9 Å². The van der Waals surface area contributed by atoms with Crippen molar-refractivity contribution in [1.82, 2.24) is 10.2 Å².